The maximum atomic E-state index is 8.68. The Morgan fingerprint density at radius 1 is 0.700 bits per heavy atom. The van der Waals surface area contributed by atoms with Gasteiger partial charge in [-0.15, -0.1) is 0 Å². The monoisotopic (exact) mass is 291 g/mol. The third-order valence-corrected chi connectivity index (χ3v) is 2.96. The van der Waals surface area contributed by atoms with E-state index in [2.05, 4.69) is 0 Å². The first kappa shape index (κ1) is 19.8. The highest BCUT2D eigenvalue weighted by atomic mass is 16.9. The summed E-state index contributed by atoms with van der Waals surface area (Å²) in [6.45, 7) is 5.95. The van der Waals surface area contributed by atoms with E-state index in [0.29, 0.717) is 13.2 Å². The zero-order valence-corrected chi connectivity index (χ0v) is 13.2. The van der Waals surface area contributed by atoms with E-state index in [1.807, 2.05) is 13.8 Å². The molecule has 122 valence electrons. The summed E-state index contributed by atoms with van der Waals surface area (Å²) >= 11 is 0. The van der Waals surface area contributed by atoms with Crippen LogP contribution in [0, 0.1) is 0 Å². The van der Waals surface area contributed by atoms with Gasteiger partial charge < -0.3 is 10.2 Å². The molecule has 2 N–H and O–H groups in total. The van der Waals surface area contributed by atoms with Gasteiger partial charge in [0.25, 0.3) is 0 Å². The first-order valence-corrected chi connectivity index (χ1v) is 7.99. The number of hydroxylamine groups is 2. The first-order chi connectivity index (χ1) is 9.72. The van der Waals surface area contributed by atoms with Gasteiger partial charge in [0.05, 0.1) is 19.3 Å². The molecule has 0 radical (unpaired) electrons. The molecule has 0 aromatic carbocycles. The van der Waals surface area contributed by atoms with E-state index in [0.717, 1.165) is 51.4 Å². The van der Waals surface area contributed by atoms with Gasteiger partial charge in [0.2, 0.25) is 0 Å². The van der Waals surface area contributed by atoms with Crippen LogP contribution in [0.5, 0.6) is 0 Å². The van der Waals surface area contributed by atoms with Crippen LogP contribution in [0.25, 0.3) is 0 Å². The van der Waals surface area contributed by atoms with Crippen molar-refractivity contribution in [2.45, 2.75) is 71.3 Å². The second-order valence-corrected chi connectivity index (χ2v) is 5.32. The molecule has 0 atom stereocenters. The molecular weight excluding hydrogens is 258 g/mol. The predicted octanol–water partition coefficient (Wildman–Crippen LogP) is 2.67. The van der Waals surface area contributed by atoms with E-state index in [1.165, 1.54) is 0 Å². The lowest BCUT2D eigenvalue weighted by molar-refractivity contribution is -0.384. The Bertz CT molecular complexity index is 175. The molecule has 0 aliphatic heterocycles. The van der Waals surface area contributed by atoms with Crippen LogP contribution in [-0.4, -0.2) is 47.9 Å². The zero-order chi connectivity index (χ0) is 15.1. The minimum atomic E-state index is 0.199. The Morgan fingerprint density at radius 3 is 1.45 bits per heavy atom. The number of nitrogens with zero attached hydrogens (tertiary/aromatic N) is 1. The lowest BCUT2D eigenvalue weighted by atomic mass is 10.2. The van der Waals surface area contributed by atoms with Gasteiger partial charge in [-0.3, -0.25) is 9.68 Å². The molecule has 0 fully saturated rings. The lowest BCUT2D eigenvalue weighted by Gasteiger charge is -2.24. The maximum absolute atomic E-state index is 8.68. The summed E-state index contributed by atoms with van der Waals surface area (Å²) in [4.78, 5) is 11.2. The second-order valence-electron chi connectivity index (χ2n) is 5.32. The third kappa shape index (κ3) is 12.8. The quantitative estimate of drug-likeness (QED) is 0.359. The zero-order valence-electron chi connectivity index (χ0n) is 13.2. The molecule has 0 rings (SSSR count). The fourth-order valence-electron chi connectivity index (χ4n) is 1.78. The molecule has 5 nitrogen and oxygen atoms in total. The van der Waals surface area contributed by atoms with E-state index in [9.17, 15) is 0 Å². The van der Waals surface area contributed by atoms with Crippen molar-refractivity contribution in [2.24, 2.45) is 0 Å². The van der Waals surface area contributed by atoms with Crippen molar-refractivity contribution in [1.82, 2.24) is 5.23 Å². The largest absolute Gasteiger partial charge is 0.396 e. The van der Waals surface area contributed by atoms with Gasteiger partial charge in [0, 0.05) is 13.2 Å². The topological polar surface area (TPSA) is 62.2 Å². The van der Waals surface area contributed by atoms with Crippen LogP contribution in [0.3, 0.4) is 0 Å². The Hall–Kier alpha value is -0.200. The van der Waals surface area contributed by atoms with E-state index in [4.69, 9.17) is 19.9 Å². The van der Waals surface area contributed by atoms with Crippen LogP contribution in [-0.2, 0) is 9.68 Å². The third-order valence-electron chi connectivity index (χ3n) is 2.96. The van der Waals surface area contributed by atoms with Crippen molar-refractivity contribution < 1.29 is 19.9 Å². The number of hydrogen-bond donors (Lipinski definition) is 2. The van der Waals surface area contributed by atoms with Gasteiger partial charge in [-0.2, -0.15) is 0 Å². The minimum Gasteiger partial charge on any atom is -0.396 e. The molecular formula is C15H33NO4. The number of rotatable bonds is 15. The summed E-state index contributed by atoms with van der Waals surface area (Å²) in [6, 6.07) is 0.199. The highest BCUT2D eigenvalue weighted by Gasteiger charge is 2.10. The average molecular weight is 291 g/mol. The first-order valence-electron chi connectivity index (χ1n) is 7.99. The molecule has 0 amide bonds. The standard InChI is InChI=1S/C15H33NO4/c1-15(2)16(19-13-9-5-3-7-11-17)20-14-10-6-4-8-12-18/h15,17-18H,3-14H2,1-2H3. The summed E-state index contributed by atoms with van der Waals surface area (Å²) < 4.78 is 0. The van der Waals surface area contributed by atoms with E-state index in [1.54, 1.807) is 5.23 Å². The van der Waals surface area contributed by atoms with E-state index < -0.39 is 0 Å². The van der Waals surface area contributed by atoms with Crippen LogP contribution in [0.1, 0.15) is 65.2 Å². The van der Waals surface area contributed by atoms with Gasteiger partial charge in [-0.1, -0.05) is 30.9 Å². The van der Waals surface area contributed by atoms with Gasteiger partial charge in [-0.25, -0.2) is 0 Å². The van der Waals surface area contributed by atoms with E-state index in [-0.39, 0.29) is 19.3 Å². The SMILES string of the molecule is CC(C)N(OCCCCCCO)OCCCCCCO. The number of hydrogen-bond acceptors (Lipinski definition) is 5. The Labute approximate surface area is 123 Å². The molecule has 0 saturated carbocycles. The van der Waals surface area contributed by atoms with Crippen LogP contribution in [0.15, 0.2) is 0 Å². The van der Waals surface area contributed by atoms with Crippen molar-refractivity contribution in [3.63, 3.8) is 0 Å². The van der Waals surface area contributed by atoms with Crippen LogP contribution >= 0.6 is 0 Å². The molecule has 0 unspecified atom stereocenters. The van der Waals surface area contributed by atoms with Crippen LogP contribution in [0.2, 0.25) is 0 Å². The van der Waals surface area contributed by atoms with Crippen molar-refractivity contribution >= 4 is 0 Å². The normalized spacial score (nSPS) is 11.7. The Balaban J connectivity index is 3.51. The molecule has 0 aromatic heterocycles. The summed E-state index contributed by atoms with van der Waals surface area (Å²) in [5.74, 6) is 0. The fraction of sp³-hybridized carbons (Fsp3) is 1.00. The Kier molecular flexibility index (Phi) is 15.0. The van der Waals surface area contributed by atoms with E-state index >= 15 is 0 Å². The number of aliphatic hydroxyl groups is 2. The van der Waals surface area contributed by atoms with Gasteiger partial charge >= 0.3 is 0 Å². The summed E-state index contributed by atoms with van der Waals surface area (Å²) in [7, 11) is 0. The molecule has 0 aromatic rings. The van der Waals surface area contributed by atoms with Crippen molar-refractivity contribution in [1.29, 1.82) is 0 Å². The maximum Gasteiger partial charge on any atom is 0.0711 e. The molecule has 0 saturated heterocycles. The highest BCUT2D eigenvalue weighted by Crippen LogP contribution is 2.07. The smallest absolute Gasteiger partial charge is 0.0711 e. The van der Waals surface area contributed by atoms with Crippen LogP contribution in [0.4, 0.5) is 0 Å². The summed E-state index contributed by atoms with van der Waals surface area (Å²) in [5, 5.41) is 19.0. The Morgan fingerprint density at radius 2 is 1.10 bits per heavy atom. The molecule has 0 spiro atoms. The van der Waals surface area contributed by atoms with Gasteiger partial charge in [-0.05, 0) is 39.5 Å². The minimum absolute atomic E-state index is 0.199. The summed E-state index contributed by atoms with van der Waals surface area (Å²) in [5.41, 5.74) is 0. The second kappa shape index (κ2) is 15.2. The fourth-order valence-corrected chi connectivity index (χ4v) is 1.78. The molecule has 0 heterocycles. The highest BCUT2D eigenvalue weighted by molar-refractivity contribution is 4.45. The van der Waals surface area contributed by atoms with Crippen molar-refractivity contribution in [3.05, 3.63) is 0 Å². The van der Waals surface area contributed by atoms with Crippen molar-refractivity contribution in [2.75, 3.05) is 26.4 Å². The summed E-state index contributed by atoms with van der Waals surface area (Å²) in [6.07, 6.45) is 7.98. The molecule has 5 heteroatoms. The molecule has 0 bridgehead atoms. The van der Waals surface area contributed by atoms with Crippen molar-refractivity contribution in [3.8, 4) is 0 Å². The number of unbranched alkanes of at least 4 members (excludes halogenated alkanes) is 6. The van der Waals surface area contributed by atoms with Gasteiger partial charge in [0.1, 0.15) is 0 Å². The number of aliphatic hydroxyl groups excluding tert-OH is 2. The van der Waals surface area contributed by atoms with Crippen LogP contribution < -0.4 is 0 Å². The molecule has 0 aliphatic rings. The molecule has 20 heavy (non-hydrogen) atoms. The molecule has 0 aliphatic carbocycles. The predicted molar refractivity (Wildman–Crippen MR) is 80.0 cm³/mol. The lowest BCUT2D eigenvalue weighted by Crippen LogP contribution is -2.32. The average Bonchev–Trinajstić information content (AvgIpc) is 2.43. The van der Waals surface area contributed by atoms with Gasteiger partial charge in [0.15, 0.2) is 0 Å².